The SMILES string of the molecule is C[C@H](Sc1nnc([C@@H]2COc3ccccc3O2)n1-c1ccccc1)C(=O)Nc1ccc(Cl)cc1. The van der Waals surface area contributed by atoms with Crippen LogP contribution >= 0.6 is 23.4 Å². The molecule has 2 heterocycles. The van der Waals surface area contributed by atoms with E-state index in [4.69, 9.17) is 21.1 Å². The van der Waals surface area contributed by atoms with Crippen LogP contribution in [0.4, 0.5) is 5.69 Å². The van der Waals surface area contributed by atoms with Gasteiger partial charge in [0.25, 0.3) is 0 Å². The van der Waals surface area contributed by atoms with E-state index >= 15 is 0 Å². The van der Waals surface area contributed by atoms with Gasteiger partial charge in [0, 0.05) is 16.4 Å². The molecule has 1 amide bonds. The molecule has 0 radical (unpaired) electrons. The molecule has 0 aliphatic carbocycles. The lowest BCUT2D eigenvalue weighted by atomic mass is 10.2. The maximum atomic E-state index is 12.8. The topological polar surface area (TPSA) is 78.3 Å². The molecule has 7 nitrogen and oxygen atoms in total. The molecule has 2 atom stereocenters. The third-order valence-corrected chi connectivity index (χ3v) is 6.53. The molecule has 1 aliphatic rings. The van der Waals surface area contributed by atoms with Crippen LogP contribution in [0.2, 0.25) is 5.02 Å². The van der Waals surface area contributed by atoms with Gasteiger partial charge in [0.15, 0.2) is 28.6 Å². The van der Waals surface area contributed by atoms with Gasteiger partial charge in [-0.15, -0.1) is 10.2 Å². The number of para-hydroxylation sites is 3. The summed E-state index contributed by atoms with van der Waals surface area (Å²) in [5, 5.41) is 12.5. The number of nitrogens with one attached hydrogen (secondary N) is 1. The minimum Gasteiger partial charge on any atom is -0.485 e. The highest BCUT2D eigenvalue weighted by Crippen LogP contribution is 2.37. The lowest BCUT2D eigenvalue weighted by Gasteiger charge is -2.26. The van der Waals surface area contributed by atoms with Crippen LogP contribution in [-0.4, -0.2) is 32.5 Å². The highest BCUT2D eigenvalue weighted by molar-refractivity contribution is 8.00. The molecule has 0 spiro atoms. The first-order chi connectivity index (χ1) is 16.6. The van der Waals surface area contributed by atoms with Gasteiger partial charge in [0.1, 0.15) is 6.61 Å². The summed E-state index contributed by atoms with van der Waals surface area (Å²) in [5.41, 5.74) is 1.55. The van der Waals surface area contributed by atoms with Crippen LogP contribution in [0, 0.1) is 0 Å². The molecule has 34 heavy (non-hydrogen) atoms. The van der Waals surface area contributed by atoms with Crippen molar-refractivity contribution in [2.75, 3.05) is 11.9 Å². The molecule has 4 aromatic rings. The van der Waals surface area contributed by atoms with Crippen LogP contribution in [0.15, 0.2) is 84.0 Å². The summed E-state index contributed by atoms with van der Waals surface area (Å²) in [7, 11) is 0. The quantitative estimate of drug-likeness (QED) is 0.355. The Morgan fingerprint density at radius 2 is 1.74 bits per heavy atom. The monoisotopic (exact) mass is 492 g/mol. The molecule has 1 aromatic heterocycles. The second-order valence-corrected chi connectivity index (χ2v) is 9.38. The highest BCUT2D eigenvalue weighted by atomic mass is 35.5. The largest absolute Gasteiger partial charge is 0.485 e. The molecular formula is C25H21ClN4O3S. The summed E-state index contributed by atoms with van der Waals surface area (Å²) >= 11 is 7.25. The summed E-state index contributed by atoms with van der Waals surface area (Å²) in [6.45, 7) is 2.13. The van der Waals surface area contributed by atoms with Crippen molar-refractivity contribution in [1.82, 2.24) is 14.8 Å². The zero-order valence-corrected chi connectivity index (χ0v) is 19.8. The molecule has 0 unspecified atom stereocenters. The number of carbonyl (C=O) groups is 1. The highest BCUT2D eigenvalue weighted by Gasteiger charge is 2.30. The van der Waals surface area contributed by atoms with E-state index in [0.717, 1.165) is 5.69 Å². The van der Waals surface area contributed by atoms with Crippen LogP contribution in [0.3, 0.4) is 0 Å². The average Bonchev–Trinajstić information content (AvgIpc) is 3.29. The number of halogens is 1. The van der Waals surface area contributed by atoms with Crippen LogP contribution < -0.4 is 14.8 Å². The van der Waals surface area contributed by atoms with Crippen molar-refractivity contribution >= 4 is 35.0 Å². The Balaban J connectivity index is 1.41. The van der Waals surface area contributed by atoms with Gasteiger partial charge in [0.05, 0.1) is 5.25 Å². The lowest BCUT2D eigenvalue weighted by Crippen LogP contribution is -2.25. The van der Waals surface area contributed by atoms with Crippen molar-refractivity contribution in [1.29, 1.82) is 0 Å². The van der Waals surface area contributed by atoms with Crippen molar-refractivity contribution in [2.45, 2.75) is 23.4 Å². The van der Waals surface area contributed by atoms with Gasteiger partial charge in [-0.3, -0.25) is 9.36 Å². The number of aromatic nitrogens is 3. The maximum Gasteiger partial charge on any atom is 0.237 e. The number of nitrogens with zero attached hydrogens (tertiary/aromatic N) is 3. The molecule has 3 aromatic carbocycles. The van der Waals surface area contributed by atoms with Crippen molar-refractivity contribution < 1.29 is 14.3 Å². The molecule has 9 heteroatoms. The molecule has 5 rings (SSSR count). The van der Waals surface area contributed by atoms with Crippen LogP contribution in [0.1, 0.15) is 18.9 Å². The van der Waals surface area contributed by atoms with Gasteiger partial charge in [-0.05, 0) is 55.5 Å². The third-order valence-electron chi connectivity index (χ3n) is 5.23. The third kappa shape index (κ3) is 4.73. The predicted octanol–water partition coefficient (Wildman–Crippen LogP) is 5.55. The van der Waals surface area contributed by atoms with Crippen molar-refractivity contribution in [3.05, 3.63) is 89.7 Å². The fourth-order valence-corrected chi connectivity index (χ4v) is 4.52. The van der Waals surface area contributed by atoms with Gasteiger partial charge in [0.2, 0.25) is 5.91 Å². The Morgan fingerprint density at radius 3 is 2.50 bits per heavy atom. The predicted molar refractivity (Wildman–Crippen MR) is 132 cm³/mol. The Bertz CT molecular complexity index is 1300. The number of thioether (sulfide) groups is 1. The Labute approximate surface area is 206 Å². The summed E-state index contributed by atoms with van der Waals surface area (Å²) in [6.07, 6.45) is -0.449. The number of carbonyl (C=O) groups excluding carboxylic acids is 1. The molecule has 0 saturated heterocycles. The standard InChI is InChI=1S/C25H21ClN4O3S/c1-16(24(31)27-18-13-11-17(26)12-14-18)34-25-29-28-23(30(25)19-7-3-2-4-8-19)22-15-32-20-9-5-6-10-21(20)33-22/h2-14,16,22H,15H2,1H3,(H,27,31)/t16-,22-/m0/s1. The first-order valence-corrected chi connectivity index (χ1v) is 12.0. The zero-order chi connectivity index (χ0) is 23.5. The Hall–Kier alpha value is -3.49. The van der Waals surface area contributed by atoms with Crippen LogP contribution in [0.5, 0.6) is 11.5 Å². The molecule has 0 bridgehead atoms. The molecule has 0 fully saturated rings. The number of hydrogen-bond acceptors (Lipinski definition) is 6. The van der Waals surface area contributed by atoms with Crippen molar-refractivity contribution in [2.24, 2.45) is 0 Å². The Morgan fingerprint density at radius 1 is 1.03 bits per heavy atom. The zero-order valence-electron chi connectivity index (χ0n) is 18.2. The molecule has 1 aliphatic heterocycles. The summed E-state index contributed by atoms with van der Waals surface area (Å²) in [6, 6.07) is 24.3. The Kier molecular flexibility index (Phi) is 6.42. The number of amides is 1. The second-order valence-electron chi connectivity index (χ2n) is 7.63. The van der Waals surface area contributed by atoms with Crippen LogP contribution in [0.25, 0.3) is 5.69 Å². The van der Waals surface area contributed by atoms with Crippen molar-refractivity contribution in [3.63, 3.8) is 0 Å². The summed E-state index contributed by atoms with van der Waals surface area (Å²) < 4.78 is 14.0. The summed E-state index contributed by atoms with van der Waals surface area (Å²) in [5.74, 6) is 1.81. The van der Waals surface area contributed by atoms with E-state index in [0.29, 0.717) is 39.8 Å². The number of hydrogen-bond donors (Lipinski definition) is 1. The van der Waals surface area contributed by atoms with Gasteiger partial charge < -0.3 is 14.8 Å². The average molecular weight is 493 g/mol. The molecule has 0 saturated carbocycles. The maximum absolute atomic E-state index is 12.8. The number of ether oxygens (including phenoxy) is 2. The normalized spacial score (nSPS) is 15.5. The second kappa shape index (κ2) is 9.79. The van der Waals surface area contributed by atoms with E-state index in [-0.39, 0.29) is 5.91 Å². The van der Waals surface area contributed by atoms with Gasteiger partial charge in [-0.1, -0.05) is 53.7 Å². The van der Waals surface area contributed by atoms with E-state index in [1.807, 2.05) is 66.1 Å². The van der Waals surface area contributed by atoms with Crippen LogP contribution in [-0.2, 0) is 4.79 Å². The van der Waals surface area contributed by atoms with Gasteiger partial charge in [-0.25, -0.2) is 0 Å². The first-order valence-electron chi connectivity index (χ1n) is 10.7. The molecule has 172 valence electrons. The minimum atomic E-state index is -0.449. The van der Waals surface area contributed by atoms with Gasteiger partial charge >= 0.3 is 0 Å². The number of anilines is 1. The number of fused-ring (bicyclic) bond motifs is 1. The van der Waals surface area contributed by atoms with E-state index in [1.54, 1.807) is 24.3 Å². The summed E-state index contributed by atoms with van der Waals surface area (Å²) in [4.78, 5) is 12.8. The van der Waals surface area contributed by atoms with Gasteiger partial charge in [-0.2, -0.15) is 0 Å². The van der Waals surface area contributed by atoms with E-state index < -0.39 is 11.4 Å². The van der Waals surface area contributed by atoms with E-state index in [9.17, 15) is 4.79 Å². The fourth-order valence-electron chi connectivity index (χ4n) is 3.52. The molecular weight excluding hydrogens is 472 g/mol. The smallest absolute Gasteiger partial charge is 0.237 e. The molecule has 1 N–H and O–H groups in total. The number of rotatable bonds is 6. The van der Waals surface area contributed by atoms with E-state index in [1.165, 1.54) is 11.8 Å². The fraction of sp³-hybridized carbons (Fsp3) is 0.160. The number of benzene rings is 3. The van der Waals surface area contributed by atoms with Crippen molar-refractivity contribution in [3.8, 4) is 17.2 Å². The first kappa shape index (κ1) is 22.3. The minimum absolute atomic E-state index is 0.150. The lowest BCUT2D eigenvalue weighted by molar-refractivity contribution is -0.115. The van der Waals surface area contributed by atoms with E-state index in [2.05, 4.69) is 15.5 Å².